The molecule has 0 spiro atoms. The number of hydrogen-bond acceptors (Lipinski definition) is 3. The van der Waals surface area contributed by atoms with Gasteiger partial charge in [0.2, 0.25) is 0 Å². The molecule has 0 aromatic heterocycles. The first-order valence-corrected chi connectivity index (χ1v) is 9.79. The third kappa shape index (κ3) is 4.78. The summed E-state index contributed by atoms with van der Waals surface area (Å²) in [5.74, 6) is 4.51. The lowest BCUT2D eigenvalue weighted by Crippen LogP contribution is -2.49. The minimum absolute atomic E-state index is 0.605. The Morgan fingerprint density at radius 1 is 1.10 bits per heavy atom. The lowest BCUT2D eigenvalue weighted by atomic mass is 10.0. The largest absolute Gasteiger partial charge is 0.356 e. The summed E-state index contributed by atoms with van der Waals surface area (Å²) in [5.41, 5.74) is 0. The molecule has 1 aliphatic carbocycles. The highest BCUT2D eigenvalue weighted by Gasteiger charge is 2.31. The Morgan fingerprint density at radius 3 is 2.43 bits per heavy atom. The van der Waals surface area contributed by atoms with Gasteiger partial charge in [-0.05, 0) is 55.9 Å². The van der Waals surface area contributed by atoms with Crippen LogP contribution in [0.1, 0.15) is 38.5 Å². The zero-order valence-corrected chi connectivity index (χ0v) is 14.1. The molecule has 2 N–H and O–H groups in total. The van der Waals surface area contributed by atoms with Crippen LogP contribution >= 0.6 is 11.8 Å². The van der Waals surface area contributed by atoms with E-state index in [4.69, 9.17) is 0 Å². The zero-order valence-electron chi connectivity index (χ0n) is 13.3. The number of nitrogens with one attached hydrogen (secondary N) is 2. The Hall–Kier alpha value is -0.420. The molecule has 0 aromatic rings. The summed E-state index contributed by atoms with van der Waals surface area (Å²) in [5, 5.41) is 7.18. The minimum Gasteiger partial charge on any atom is -0.356 e. The predicted molar refractivity (Wildman–Crippen MR) is 92.2 cm³/mol. The van der Waals surface area contributed by atoms with Crippen molar-refractivity contribution in [3.8, 4) is 0 Å². The zero-order chi connectivity index (χ0) is 14.5. The van der Waals surface area contributed by atoms with E-state index in [1.54, 1.807) is 0 Å². The fraction of sp³-hybridized carbons (Fsp3) is 0.938. The first-order valence-electron chi connectivity index (χ1n) is 8.64. The molecular formula is C16H30N4S. The Labute approximate surface area is 133 Å². The summed E-state index contributed by atoms with van der Waals surface area (Å²) in [7, 11) is 1.89. The number of aliphatic imine (C=N–C) groups is 1. The average molecular weight is 311 g/mol. The van der Waals surface area contributed by atoms with Crippen molar-refractivity contribution in [2.45, 2.75) is 50.6 Å². The van der Waals surface area contributed by atoms with Crippen molar-refractivity contribution < 1.29 is 0 Å². The second kappa shape index (κ2) is 7.73. The molecule has 2 aliphatic heterocycles. The van der Waals surface area contributed by atoms with Crippen molar-refractivity contribution in [1.29, 1.82) is 0 Å². The van der Waals surface area contributed by atoms with Crippen molar-refractivity contribution in [2.24, 2.45) is 10.9 Å². The van der Waals surface area contributed by atoms with Gasteiger partial charge < -0.3 is 15.5 Å². The second-order valence-electron chi connectivity index (χ2n) is 6.69. The van der Waals surface area contributed by atoms with Crippen LogP contribution in [-0.4, -0.2) is 61.1 Å². The monoisotopic (exact) mass is 310 g/mol. The number of thioether (sulfide) groups is 1. The van der Waals surface area contributed by atoms with E-state index in [-0.39, 0.29) is 0 Å². The number of piperidine rings is 1. The summed E-state index contributed by atoms with van der Waals surface area (Å²) in [6, 6.07) is 1.53. The van der Waals surface area contributed by atoms with Crippen molar-refractivity contribution >= 4 is 17.7 Å². The van der Waals surface area contributed by atoms with E-state index in [0.29, 0.717) is 6.04 Å². The summed E-state index contributed by atoms with van der Waals surface area (Å²) in [6.07, 6.45) is 8.10. The van der Waals surface area contributed by atoms with Crippen molar-refractivity contribution in [3.63, 3.8) is 0 Å². The van der Waals surface area contributed by atoms with Crippen LogP contribution in [0.25, 0.3) is 0 Å². The Morgan fingerprint density at radius 2 is 1.81 bits per heavy atom. The molecule has 120 valence electrons. The summed E-state index contributed by atoms with van der Waals surface area (Å²) in [4.78, 5) is 7.08. The van der Waals surface area contributed by atoms with Gasteiger partial charge in [-0.25, -0.2) is 0 Å². The van der Waals surface area contributed by atoms with Gasteiger partial charge in [-0.15, -0.1) is 0 Å². The molecule has 0 bridgehead atoms. The molecule has 0 aromatic carbocycles. The number of rotatable bonds is 4. The number of nitrogens with zero attached hydrogens (tertiary/aromatic N) is 2. The van der Waals surface area contributed by atoms with Crippen LogP contribution in [-0.2, 0) is 0 Å². The molecule has 1 saturated carbocycles. The van der Waals surface area contributed by atoms with E-state index in [0.717, 1.165) is 24.5 Å². The van der Waals surface area contributed by atoms with Gasteiger partial charge in [0.15, 0.2) is 5.96 Å². The molecule has 2 heterocycles. The van der Waals surface area contributed by atoms with Gasteiger partial charge in [0, 0.05) is 38.8 Å². The van der Waals surface area contributed by atoms with Crippen molar-refractivity contribution in [3.05, 3.63) is 0 Å². The van der Waals surface area contributed by atoms with Gasteiger partial charge in [0.25, 0.3) is 0 Å². The minimum atomic E-state index is 0.605. The van der Waals surface area contributed by atoms with E-state index in [9.17, 15) is 0 Å². The Balaban J connectivity index is 1.36. The van der Waals surface area contributed by atoms with Crippen LogP contribution in [0.2, 0.25) is 0 Å². The molecule has 3 fully saturated rings. The van der Waals surface area contributed by atoms with Crippen LogP contribution in [0.5, 0.6) is 0 Å². The summed E-state index contributed by atoms with van der Waals surface area (Å²) < 4.78 is 0. The molecule has 0 unspecified atom stereocenters. The molecule has 0 radical (unpaired) electrons. The molecule has 3 rings (SSSR count). The van der Waals surface area contributed by atoms with Crippen LogP contribution < -0.4 is 10.6 Å². The molecule has 0 amide bonds. The smallest absolute Gasteiger partial charge is 0.191 e. The Kier molecular flexibility index (Phi) is 5.69. The van der Waals surface area contributed by atoms with E-state index in [1.807, 2.05) is 7.05 Å². The van der Waals surface area contributed by atoms with Crippen LogP contribution in [0, 0.1) is 5.92 Å². The normalized spacial score (nSPS) is 26.8. The lowest BCUT2D eigenvalue weighted by Gasteiger charge is -2.33. The maximum absolute atomic E-state index is 4.41. The van der Waals surface area contributed by atoms with Crippen LogP contribution in [0.4, 0.5) is 0 Å². The molecular weight excluding hydrogens is 280 g/mol. The van der Waals surface area contributed by atoms with Gasteiger partial charge in [0.1, 0.15) is 0 Å². The van der Waals surface area contributed by atoms with Gasteiger partial charge in [-0.2, -0.15) is 11.8 Å². The topological polar surface area (TPSA) is 39.7 Å². The fourth-order valence-electron chi connectivity index (χ4n) is 3.43. The Bertz CT molecular complexity index is 342. The second-order valence-corrected chi connectivity index (χ2v) is 7.92. The van der Waals surface area contributed by atoms with Crippen LogP contribution in [0.3, 0.4) is 0 Å². The molecule has 5 heteroatoms. The number of likely N-dealkylation sites (tertiary alicyclic amines) is 1. The maximum atomic E-state index is 4.41. The lowest BCUT2D eigenvalue weighted by molar-refractivity contribution is 0.197. The summed E-state index contributed by atoms with van der Waals surface area (Å²) >= 11 is 2.10. The van der Waals surface area contributed by atoms with Crippen molar-refractivity contribution in [2.75, 3.05) is 38.2 Å². The molecule has 0 atom stereocenters. The molecule has 2 saturated heterocycles. The van der Waals surface area contributed by atoms with E-state index < -0.39 is 0 Å². The highest BCUT2D eigenvalue weighted by Crippen LogP contribution is 2.29. The van der Waals surface area contributed by atoms with Crippen molar-refractivity contribution in [1.82, 2.24) is 15.5 Å². The standard InChI is InChI=1S/C16H30N4S/c1-17-16(18-12-13-6-10-21-11-7-13)19-14-4-8-20(9-5-14)15-2-3-15/h13-15H,2-12H2,1H3,(H2,17,18,19). The molecule has 3 aliphatic rings. The van der Waals surface area contributed by atoms with E-state index in [1.165, 1.54) is 63.1 Å². The first kappa shape index (κ1) is 15.5. The third-order valence-corrected chi connectivity index (χ3v) is 6.11. The highest BCUT2D eigenvalue weighted by atomic mass is 32.2. The van der Waals surface area contributed by atoms with Gasteiger partial charge in [0.05, 0.1) is 0 Å². The van der Waals surface area contributed by atoms with E-state index >= 15 is 0 Å². The number of guanidine groups is 1. The number of hydrogen-bond donors (Lipinski definition) is 2. The van der Waals surface area contributed by atoms with Gasteiger partial charge in [-0.3, -0.25) is 4.99 Å². The average Bonchev–Trinajstić information content (AvgIpc) is 3.38. The third-order valence-electron chi connectivity index (χ3n) is 5.06. The van der Waals surface area contributed by atoms with Crippen LogP contribution in [0.15, 0.2) is 4.99 Å². The van der Waals surface area contributed by atoms with Gasteiger partial charge in [-0.1, -0.05) is 0 Å². The SMILES string of the molecule is CN=C(NCC1CCSCC1)NC1CCN(C2CC2)CC1. The van der Waals surface area contributed by atoms with E-state index in [2.05, 4.69) is 32.3 Å². The van der Waals surface area contributed by atoms with Gasteiger partial charge >= 0.3 is 0 Å². The maximum Gasteiger partial charge on any atom is 0.191 e. The fourth-order valence-corrected chi connectivity index (χ4v) is 4.63. The first-order chi connectivity index (χ1) is 10.3. The predicted octanol–water partition coefficient (Wildman–Crippen LogP) is 1.92. The molecule has 4 nitrogen and oxygen atoms in total. The summed E-state index contributed by atoms with van der Waals surface area (Å²) in [6.45, 7) is 3.61. The quantitative estimate of drug-likeness (QED) is 0.615. The molecule has 21 heavy (non-hydrogen) atoms. The highest BCUT2D eigenvalue weighted by molar-refractivity contribution is 7.99.